The van der Waals surface area contributed by atoms with Crippen LogP contribution in [0.3, 0.4) is 0 Å². The van der Waals surface area contributed by atoms with Gasteiger partial charge >= 0.3 is 0 Å². The van der Waals surface area contributed by atoms with E-state index in [4.69, 9.17) is 4.42 Å². The molecule has 1 fully saturated rings. The molecule has 20 heavy (non-hydrogen) atoms. The molecule has 0 aliphatic carbocycles. The fourth-order valence-electron chi connectivity index (χ4n) is 2.67. The minimum absolute atomic E-state index is 0.154. The maximum absolute atomic E-state index is 11.3. The Morgan fingerprint density at radius 3 is 2.60 bits per heavy atom. The number of hydrogen-bond acceptors (Lipinski definition) is 4. The molecule has 0 N–H and O–H groups in total. The van der Waals surface area contributed by atoms with E-state index in [1.807, 2.05) is 12.1 Å². The molecule has 3 rings (SSSR count). The average Bonchev–Trinajstić information content (AvgIpc) is 3.02. The number of piperidine rings is 1. The first kappa shape index (κ1) is 12.7. The summed E-state index contributed by atoms with van der Waals surface area (Å²) in [4.78, 5) is 13.1. The third-order valence-electron chi connectivity index (χ3n) is 3.67. The lowest BCUT2D eigenvalue weighted by atomic mass is 10.1. The van der Waals surface area contributed by atoms with Gasteiger partial charge in [-0.1, -0.05) is 0 Å². The Morgan fingerprint density at radius 1 is 1.15 bits per heavy atom. The largest absolute Gasteiger partial charge is 0.464 e. The van der Waals surface area contributed by atoms with E-state index in [9.17, 15) is 10.1 Å². The van der Waals surface area contributed by atoms with Crippen molar-refractivity contribution in [3.63, 3.8) is 0 Å². The number of nitro groups is 1. The highest BCUT2D eigenvalue weighted by Crippen LogP contribution is 2.34. The summed E-state index contributed by atoms with van der Waals surface area (Å²) in [5.41, 5.74) is 1.60. The molecule has 1 aliphatic heterocycles. The van der Waals surface area contributed by atoms with Crippen molar-refractivity contribution >= 4 is 11.4 Å². The molecule has 1 saturated heterocycles. The number of benzene rings is 1. The Morgan fingerprint density at radius 2 is 1.95 bits per heavy atom. The molecule has 0 atom stereocenters. The van der Waals surface area contributed by atoms with Crippen molar-refractivity contribution in [1.29, 1.82) is 0 Å². The second kappa shape index (κ2) is 5.36. The Bertz CT molecular complexity index is 602. The summed E-state index contributed by atoms with van der Waals surface area (Å²) in [6.07, 6.45) is 4.96. The summed E-state index contributed by atoms with van der Waals surface area (Å²) in [6, 6.07) is 8.90. The quantitative estimate of drug-likeness (QED) is 0.629. The van der Waals surface area contributed by atoms with Gasteiger partial charge in [-0.15, -0.1) is 0 Å². The molecular weight excluding hydrogens is 256 g/mol. The van der Waals surface area contributed by atoms with Crippen molar-refractivity contribution in [3.8, 4) is 11.3 Å². The van der Waals surface area contributed by atoms with Gasteiger partial charge in [0.1, 0.15) is 11.4 Å². The zero-order valence-corrected chi connectivity index (χ0v) is 11.1. The number of hydrogen-bond donors (Lipinski definition) is 0. The Labute approximate surface area is 117 Å². The molecule has 0 unspecified atom stereocenters. The van der Waals surface area contributed by atoms with Crippen LogP contribution >= 0.6 is 0 Å². The van der Waals surface area contributed by atoms with E-state index < -0.39 is 0 Å². The number of rotatable bonds is 3. The summed E-state index contributed by atoms with van der Waals surface area (Å²) in [5.74, 6) is 0.651. The zero-order chi connectivity index (χ0) is 13.9. The summed E-state index contributed by atoms with van der Waals surface area (Å²) in [5, 5.41) is 11.3. The van der Waals surface area contributed by atoms with Gasteiger partial charge in [0.05, 0.1) is 11.2 Å². The van der Waals surface area contributed by atoms with Crippen LogP contribution in [0.4, 0.5) is 11.4 Å². The van der Waals surface area contributed by atoms with E-state index in [2.05, 4.69) is 4.90 Å². The van der Waals surface area contributed by atoms with Crippen LogP contribution in [-0.4, -0.2) is 18.0 Å². The first-order valence-electron chi connectivity index (χ1n) is 6.83. The minimum Gasteiger partial charge on any atom is -0.464 e. The van der Waals surface area contributed by atoms with E-state index in [1.54, 1.807) is 24.5 Å². The average molecular weight is 272 g/mol. The Balaban J connectivity index is 2.00. The van der Waals surface area contributed by atoms with Crippen LogP contribution in [0.2, 0.25) is 0 Å². The maximum atomic E-state index is 11.3. The monoisotopic (exact) mass is 272 g/mol. The van der Waals surface area contributed by atoms with Crippen LogP contribution in [0.5, 0.6) is 0 Å². The van der Waals surface area contributed by atoms with E-state index in [1.165, 1.54) is 6.42 Å². The predicted octanol–water partition coefficient (Wildman–Crippen LogP) is 3.85. The van der Waals surface area contributed by atoms with Gasteiger partial charge in [-0.3, -0.25) is 10.1 Å². The van der Waals surface area contributed by atoms with Crippen molar-refractivity contribution < 1.29 is 9.34 Å². The lowest BCUT2D eigenvalue weighted by Gasteiger charge is -2.28. The highest BCUT2D eigenvalue weighted by Gasteiger charge is 2.22. The summed E-state index contributed by atoms with van der Waals surface area (Å²) in [6.45, 7) is 1.78. The van der Waals surface area contributed by atoms with Gasteiger partial charge in [0.15, 0.2) is 0 Å². The first-order chi connectivity index (χ1) is 9.75. The lowest BCUT2D eigenvalue weighted by molar-refractivity contribution is -0.384. The van der Waals surface area contributed by atoms with Gasteiger partial charge in [0.2, 0.25) is 0 Å². The van der Waals surface area contributed by atoms with E-state index in [-0.39, 0.29) is 10.6 Å². The molecule has 2 heterocycles. The topological polar surface area (TPSA) is 59.5 Å². The summed E-state index contributed by atoms with van der Waals surface area (Å²) >= 11 is 0. The van der Waals surface area contributed by atoms with Crippen molar-refractivity contribution in [2.45, 2.75) is 19.3 Å². The van der Waals surface area contributed by atoms with Gasteiger partial charge in [0.25, 0.3) is 5.69 Å². The standard InChI is InChI=1S/C15H16N2O3/c18-17(19)14-11-12(15-5-4-10-20-15)6-7-13(14)16-8-2-1-3-9-16/h4-7,10-11H,1-3,8-9H2. The van der Waals surface area contributed by atoms with Crippen molar-refractivity contribution in [2.75, 3.05) is 18.0 Å². The van der Waals surface area contributed by atoms with Gasteiger partial charge < -0.3 is 9.32 Å². The number of furan rings is 1. The maximum Gasteiger partial charge on any atom is 0.293 e. The molecule has 1 aromatic carbocycles. The smallest absolute Gasteiger partial charge is 0.293 e. The van der Waals surface area contributed by atoms with E-state index in [0.29, 0.717) is 11.4 Å². The van der Waals surface area contributed by atoms with Gasteiger partial charge in [-0.2, -0.15) is 0 Å². The highest BCUT2D eigenvalue weighted by molar-refractivity contribution is 5.72. The zero-order valence-electron chi connectivity index (χ0n) is 11.1. The molecule has 1 aliphatic rings. The molecule has 2 aromatic rings. The number of nitro benzene ring substituents is 1. The van der Waals surface area contributed by atoms with Crippen LogP contribution in [-0.2, 0) is 0 Å². The van der Waals surface area contributed by atoms with Crippen LogP contribution in [0, 0.1) is 10.1 Å². The second-order valence-corrected chi connectivity index (χ2v) is 4.99. The molecule has 0 saturated carbocycles. The van der Waals surface area contributed by atoms with Crippen LogP contribution < -0.4 is 4.90 Å². The Kier molecular flexibility index (Phi) is 3.41. The SMILES string of the molecule is O=[N+]([O-])c1cc(-c2ccco2)ccc1N1CCCCC1. The highest BCUT2D eigenvalue weighted by atomic mass is 16.6. The Hall–Kier alpha value is -2.30. The van der Waals surface area contributed by atoms with Gasteiger partial charge in [0, 0.05) is 24.7 Å². The number of nitrogens with zero attached hydrogens (tertiary/aromatic N) is 2. The van der Waals surface area contributed by atoms with Crippen LogP contribution in [0.15, 0.2) is 41.0 Å². The van der Waals surface area contributed by atoms with Crippen molar-refractivity contribution in [2.24, 2.45) is 0 Å². The van der Waals surface area contributed by atoms with Gasteiger partial charge in [-0.25, -0.2) is 0 Å². The molecule has 0 amide bonds. The third-order valence-corrected chi connectivity index (χ3v) is 3.67. The molecule has 104 valence electrons. The first-order valence-corrected chi connectivity index (χ1v) is 6.83. The molecule has 5 nitrogen and oxygen atoms in total. The predicted molar refractivity (Wildman–Crippen MR) is 76.9 cm³/mol. The molecule has 0 bridgehead atoms. The lowest BCUT2D eigenvalue weighted by Crippen LogP contribution is -2.29. The molecule has 0 radical (unpaired) electrons. The van der Waals surface area contributed by atoms with Crippen molar-refractivity contribution in [3.05, 3.63) is 46.7 Å². The molecular formula is C15H16N2O3. The van der Waals surface area contributed by atoms with E-state index in [0.717, 1.165) is 31.5 Å². The van der Waals surface area contributed by atoms with E-state index >= 15 is 0 Å². The minimum atomic E-state index is -0.309. The number of anilines is 1. The molecule has 5 heteroatoms. The third kappa shape index (κ3) is 2.39. The van der Waals surface area contributed by atoms with Crippen LogP contribution in [0.1, 0.15) is 19.3 Å². The summed E-state index contributed by atoms with van der Waals surface area (Å²) in [7, 11) is 0. The normalized spacial score (nSPS) is 15.3. The van der Waals surface area contributed by atoms with Crippen molar-refractivity contribution in [1.82, 2.24) is 0 Å². The fraction of sp³-hybridized carbons (Fsp3) is 0.333. The molecule has 0 spiro atoms. The van der Waals surface area contributed by atoms with Gasteiger partial charge in [-0.05, 0) is 43.5 Å². The van der Waals surface area contributed by atoms with Crippen LogP contribution in [0.25, 0.3) is 11.3 Å². The fourth-order valence-corrected chi connectivity index (χ4v) is 2.67. The second-order valence-electron chi connectivity index (χ2n) is 4.99. The molecule has 1 aromatic heterocycles. The summed E-state index contributed by atoms with van der Waals surface area (Å²) < 4.78 is 5.30.